The molecule has 120 valence electrons. The van der Waals surface area contributed by atoms with Gasteiger partial charge in [-0.3, -0.25) is 4.79 Å². The molecule has 1 heterocycles. The summed E-state index contributed by atoms with van der Waals surface area (Å²) in [5.74, 6) is -1.45. The Morgan fingerprint density at radius 3 is 2.42 bits per heavy atom. The normalized spacial score (nSPS) is 17.3. The van der Waals surface area contributed by atoms with Gasteiger partial charge in [0.2, 0.25) is 0 Å². The minimum Gasteiger partial charge on any atom is -0.545 e. The molecule has 1 N–H and O–H groups in total. The van der Waals surface area contributed by atoms with E-state index in [2.05, 4.69) is 10.3 Å². The lowest BCUT2D eigenvalue weighted by molar-refractivity contribution is -0.255. The van der Waals surface area contributed by atoms with Crippen LogP contribution < -0.4 is 10.4 Å². The monoisotopic (exact) mass is 337 g/mol. The summed E-state index contributed by atoms with van der Waals surface area (Å²) < 4.78 is 0. The third-order valence-electron chi connectivity index (χ3n) is 3.36. The van der Waals surface area contributed by atoms with Crippen LogP contribution in [0.4, 0.5) is 5.69 Å². The molecule has 0 spiro atoms. The van der Waals surface area contributed by atoms with Crippen LogP contribution in [-0.2, 0) is 4.79 Å². The van der Waals surface area contributed by atoms with Gasteiger partial charge in [0.25, 0.3) is 5.91 Å². The minimum atomic E-state index is -1.23. The van der Waals surface area contributed by atoms with E-state index in [4.69, 9.17) is 0 Å². The maximum Gasteiger partial charge on any atom is 0.264 e. The molecule has 0 atom stereocenters. The maximum absolute atomic E-state index is 12.0. The standard InChI is InChI=1S/C18H14N2O3S/c1-11-2-8-14(9-3-11)19-18-20-16(21)15(24-18)10-12-4-6-13(7-5-12)17(22)23/h2-10H,1H3,(H,22,23)(H,19,20,21)/p-1/b15-10-. The van der Waals surface area contributed by atoms with Gasteiger partial charge in [0.1, 0.15) is 0 Å². The van der Waals surface area contributed by atoms with Crippen LogP contribution in [0.15, 0.2) is 58.4 Å². The number of amidine groups is 1. The predicted molar refractivity (Wildman–Crippen MR) is 92.8 cm³/mol. The van der Waals surface area contributed by atoms with Gasteiger partial charge in [0.05, 0.1) is 16.6 Å². The molecule has 2 aromatic carbocycles. The zero-order valence-corrected chi connectivity index (χ0v) is 13.6. The number of aryl methyl sites for hydroxylation is 1. The Kier molecular flexibility index (Phi) is 4.48. The van der Waals surface area contributed by atoms with Crippen molar-refractivity contribution >= 4 is 40.6 Å². The van der Waals surface area contributed by atoms with Crippen LogP contribution >= 0.6 is 11.8 Å². The number of rotatable bonds is 3. The van der Waals surface area contributed by atoms with Crippen LogP contribution in [0.1, 0.15) is 21.5 Å². The van der Waals surface area contributed by atoms with Crippen molar-refractivity contribution in [3.63, 3.8) is 0 Å². The van der Waals surface area contributed by atoms with Gasteiger partial charge in [-0.1, -0.05) is 42.0 Å². The number of nitrogens with zero attached hydrogens (tertiary/aromatic N) is 1. The average Bonchev–Trinajstić information content (AvgIpc) is 2.89. The summed E-state index contributed by atoms with van der Waals surface area (Å²) in [6.07, 6.45) is 1.69. The summed E-state index contributed by atoms with van der Waals surface area (Å²) in [5.41, 5.74) is 2.74. The second kappa shape index (κ2) is 6.72. The van der Waals surface area contributed by atoms with Crippen LogP contribution in [0.2, 0.25) is 0 Å². The van der Waals surface area contributed by atoms with E-state index in [9.17, 15) is 14.7 Å². The van der Waals surface area contributed by atoms with Gasteiger partial charge in [-0.15, -0.1) is 0 Å². The first-order chi connectivity index (χ1) is 11.5. The summed E-state index contributed by atoms with van der Waals surface area (Å²) >= 11 is 1.24. The predicted octanol–water partition coefficient (Wildman–Crippen LogP) is 2.25. The number of carbonyl (C=O) groups excluding carboxylic acids is 2. The fourth-order valence-electron chi connectivity index (χ4n) is 2.08. The number of nitrogens with one attached hydrogen (secondary N) is 1. The van der Waals surface area contributed by atoms with Gasteiger partial charge in [0.15, 0.2) is 5.17 Å². The van der Waals surface area contributed by atoms with Crippen molar-refractivity contribution in [1.82, 2.24) is 5.32 Å². The number of aromatic carboxylic acids is 1. The van der Waals surface area contributed by atoms with Crippen molar-refractivity contribution in [2.24, 2.45) is 4.99 Å². The summed E-state index contributed by atoms with van der Waals surface area (Å²) in [4.78, 5) is 27.7. The van der Waals surface area contributed by atoms with Crippen molar-refractivity contribution in [3.8, 4) is 0 Å². The van der Waals surface area contributed by atoms with Gasteiger partial charge >= 0.3 is 0 Å². The molecular formula is C18H13N2O3S-. The number of amides is 1. The second-order valence-corrected chi connectivity index (χ2v) is 6.26. The van der Waals surface area contributed by atoms with Crippen LogP contribution in [0.3, 0.4) is 0 Å². The minimum absolute atomic E-state index is 0.0994. The highest BCUT2D eigenvalue weighted by molar-refractivity contribution is 8.18. The Bertz CT molecular complexity index is 853. The molecule has 2 aromatic rings. The number of benzene rings is 2. The topological polar surface area (TPSA) is 81.6 Å². The molecule has 0 bridgehead atoms. The van der Waals surface area contributed by atoms with Crippen molar-refractivity contribution in [2.75, 3.05) is 0 Å². The van der Waals surface area contributed by atoms with Gasteiger partial charge in [-0.25, -0.2) is 4.99 Å². The number of hydrogen-bond acceptors (Lipinski definition) is 5. The van der Waals surface area contributed by atoms with Gasteiger partial charge in [-0.2, -0.15) is 0 Å². The molecule has 0 aromatic heterocycles. The van der Waals surface area contributed by atoms with Crippen molar-refractivity contribution in [2.45, 2.75) is 6.92 Å². The lowest BCUT2D eigenvalue weighted by Crippen LogP contribution is -2.21. The van der Waals surface area contributed by atoms with Gasteiger partial charge in [-0.05, 0) is 48.0 Å². The van der Waals surface area contributed by atoms with E-state index in [0.29, 0.717) is 10.1 Å². The molecule has 1 aliphatic rings. The number of thioether (sulfide) groups is 1. The lowest BCUT2D eigenvalue weighted by Gasteiger charge is -2.02. The first-order valence-corrected chi connectivity index (χ1v) is 8.00. The van der Waals surface area contributed by atoms with Crippen LogP contribution in [-0.4, -0.2) is 17.0 Å². The number of carboxylic acids is 1. The molecule has 1 fully saturated rings. The highest BCUT2D eigenvalue weighted by Gasteiger charge is 2.23. The SMILES string of the molecule is Cc1ccc(N=C2NC(=O)/C(=C/c3ccc(C(=O)[O-])cc3)S2)cc1. The number of hydrogen-bond donors (Lipinski definition) is 1. The Morgan fingerprint density at radius 1 is 1.12 bits per heavy atom. The smallest absolute Gasteiger partial charge is 0.264 e. The molecule has 1 saturated heterocycles. The molecule has 0 radical (unpaired) electrons. The first kappa shape index (κ1) is 16.0. The first-order valence-electron chi connectivity index (χ1n) is 7.19. The van der Waals surface area contributed by atoms with Crippen molar-refractivity contribution < 1.29 is 14.7 Å². The molecule has 1 aliphatic heterocycles. The molecule has 1 amide bonds. The maximum atomic E-state index is 12.0. The van der Waals surface area contributed by atoms with Crippen LogP contribution in [0.25, 0.3) is 6.08 Å². The van der Waals surface area contributed by atoms with Crippen LogP contribution in [0.5, 0.6) is 0 Å². The van der Waals surface area contributed by atoms with E-state index in [1.165, 1.54) is 23.9 Å². The summed E-state index contributed by atoms with van der Waals surface area (Å²) in [7, 11) is 0. The Balaban J connectivity index is 1.79. The van der Waals surface area contributed by atoms with E-state index < -0.39 is 5.97 Å². The molecule has 24 heavy (non-hydrogen) atoms. The summed E-state index contributed by atoms with van der Waals surface area (Å²) in [5, 5.41) is 14.0. The average molecular weight is 337 g/mol. The molecule has 6 heteroatoms. The molecule has 0 aliphatic carbocycles. The zero-order chi connectivity index (χ0) is 17.1. The van der Waals surface area contributed by atoms with E-state index in [1.807, 2.05) is 31.2 Å². The van der Waals surface area contributed by atoms with Crippen LogP contribution in [0, 0.1) is 6.92 Å². The summed E-state index contributed by atoms with van der Waals surface area (Å²) in [6, 6.07) is 13.8. The van der Waals surface area contributed by atoms with Gasteiger partial charge < -0.3 is 15.2 Å². The van der Waals surface area contributed by atoms with Crippen molar-refractivity contribution in [1.29, 1.82) is 0 Å². The summed E-state index contributed by atoms with van der Waals surface area (Å²) in [6.45, 7) is 2.00. The van der Waals surface area contributed by atoms with E-state index in [-0.39, 0.29) is 11.5 Å². The molecule has 3 rings (SSSR count). The van der Waals surface area contributed by atoms with E-state index in [1.54, 1.807) is 18.2 Å². The number of aliphatic imine (C=N–C) groups is 1. The third kappa shape index (κ3) is 3.72. The molecular weight excluding hydrogens is 324 g/mol. The molecule has 0 saturated carbocycles. The lowest BCUT2D eigenvalue weighted by atomic mass is 10.1. The highest BCUT2D eigenvalue weighted by atomic mass is 32.2. The fourth-order valence-corrected chi connectivity index (χ4v) is 2.93. The van der Waals surface area contributed by atoms with E-state index >= 15 is 0 Å². The highest BCUT2D eigenvalue weighted by Crippen LogP contribution is 2.28. The third-order valence-corrected chi connectivity index (χ3v) is 4.27. The Morgan fingerprint density at radius 2 is 1.79 bits per heavy atom. The second-order valence-electron chi connectivity index (χ2n) is 5.23. The fraction of sp³-hybridized carbons (Fsp3) is 0.0556. The number of carbonyl (C=O) groups is 2. The van der Waals surface area contributed by atoms with Gasteiger partial charge in [0, 0.05) is 0 Å². The quantitative estimate of drug-likeness (QED) is 0.871. The molecule has 5 nitrogen and oxygen atoms in total. The molecule has 0 unspecified atom stereocenters. The largest absolute Gasteiger partial charge is 0.545 e. The van der Waals surface area contributed by atoms with Crippen molar-refractivity contribution in [3.05, 3.63) is 70.1 Å². The Labute approximate surface area is 143 Å². The zero-order valence-electron chi connectivity index (χ0n) is 12.8. The number of carboxylic acid groups (broad SMARTS) is 1. The Hall–Kier alpha value is -2.86. The van der Waals surface area contributed by atoms with E-state index in [0.717, 1.165) is 16.8 Å².